The molecule has 0 bridgehead atoms. The molecule has 0 amide bonds. The van der Waals surface area contributed by atoms with Gasteiger partial charge in [0.1, 0.15) is 0 Å². The summed E-state index contributed by atoms with van der Waals surface area (Å²) in [6.07, 6.45) is 69.0. The van der Waals surface area contributed by atoms with E-state index in [-0.39, 0.29) is 66.8 Å². The Bertz CT molecular complexity index is 1650. The number of aliphatic hydroxyl groups excluding tert-OH is 2. The second kappa shape index (κ2) is 94.5. The van der Waals surface area contributed by atoms with Crippen LogP contribution in [0, 0.1) is 23.7 Å². The molecule has 0 aliphatic carbocycles. The van der Waals surface area contributed by atoms with Gasteiger partial charge in [-0.05, 0) is 89.2 Å². The van der Waals surface area contributed by atoms with Gasteiger partial charge >= 0.3 is 35.8 Å². The summed E-state index contributed by atoms with van der Waals surface area (Å²) in [6, 6.07) is 5.48. The molecule has 0 saturated heterocycles. The van der Waals surface area contributed by atoms with Crippen molar-refractivity contribution >= 4 is 35.8 Å². The molecule has 0 heterocycles. The molecule has 14 nitrogen and oxygen atoms in total. The average molecular weight is 1520 g/mol. The Kier molecular flexibility index (Phi) is 107. The maximum atomic E-state index is 10.5. The Morgan fingerprint density at radius 2 is 0.333 bits per heavy atom. The molecule has 0 aliphatic rings. The van der Waals surface area contributed by atoms with Gasteiger partial charge < -0.3 is 40.9 Å². The van der Waals surface area contributed by atoms with Gasteiger partial charge in [-0.2, -0.15) is 0 Å². The van der Waals surface area contributed by atoms with Crippen molar-refractivity contribution in [3.8, 4) is 0 Å². The maximum Gasteiger partial charge on any atom is 0.336 e. The smallest absolute Gasteiger partial charge is 0.336 e. The average Bonchev–Trinajstić information content (AvgIpc) is 0.863. The number of aliphatic carboxylic acids is 4. The van der Waals surface area contributed by atoms with E-state index in [9.17, 15) is 28.8 Å². The first-order valence-electron chi connectivity index (χ1n) is 41.4. The third kappa shape index (κ3) is 127. The van der Waals surface area contributed by atoms with E-state index in [4.69, 9.17) is 40.9 Å². The number of hydrogen-bond donors (Lipinski definition) is 8. The van der Waals surface area contributed by atoms with Crippen molar-refractivity contribution in [1.29, 1.82) is 0 Å². The molecule has 0 aliphatic heterocycles. The van der Waals surface area contributed by atoms with Gasteiger partial charge in [-0.15, -0.1) is 0 Å². The molecule has 0 atom stereocenters. The summed E-state index contributed by atoms with van der Waals surface area (Å²) in [6.45, 7) is 25.3. The first-order chi connectivity index (χ1) is 47.6. The van der Waals surface area contributed by atoms with Crippen LogP contribution in [0.15, 0.2) is 24.3 Å². The van der Waals surface area contributed by atoms with Crippen molar-refractivity contribution in [2.24, 2.45) is 23.7 Å². The van der Waals surface area contributed by atoms with E-state index < -0.39 is 35.8 Å². The number of carboxylic acid groups (broad SMARTS) is 6. The van der Waals surface area contributed by atoms with Crippen molar-refractivity contribution in [2.45, 2.75) is 455 Å². The van der Waals surface area contributed by atoms with Crippen LogP contribution in [0.1, 0.15) is 463 Å². The summed E-state index contributed by atoms with van der Waals surface area (Å²) in [5.74, 6) is -1.61. The van der Waals surface area contributed by atoms with Gasteiger partial charge in [0.15, 0.2) is 0 Å². The van der Waals surface area contributed by atoms with Crippen molar-refractivity contribution < 1.29 is 113 Å². The van der Waals surface area contributed by atoms with Crippen LogP contribution < -0.4 is 0 Å². The van der Waals surface area contributed by atoms with Gasteiger partial charge in [-0.25, -0.2) is 9.59 Å². The molecule has 0 fully saturated rings. The summed E-state index contributed by atoms with van der Waals surface area (Å²) in [5, 5.41) is 67.3. The van der Waals surface area contributed by atoms with Crippen LogP contribution in [0.3, 0.4) is 0 Å². The third-order valence-corrected chi connectivity index (χ3v) is 17.1. The number of rotatable bonds is 62. The van der Waals surface area contributed by atoms with Crippen LogP contribution >= 0.6 is 0 Å². The fourth-order valence-electron chi connectivity index (χ4n) is 11.2. The van der Waals surface area contributed by atoms with Gasteiger partial charge in [-0.3, -0.25) is 19.2 Å². The molecule has 0 spiro atoms. The van der Waals surface area contributed by atoms with Gasteiger partial charge in [0.05, 0.1) is 11.1 Å². The summed E-state index contributed by atoms with van der Waals surface area (Å²) >= 11 is 0. The van der Waals surface area contributed by atoms with Crippen LogP contribution in [-0.4, -0.2) is 88.9 Å². The first kappa shape index (κ1) is 115. The van der Waals surface area contributed by atoms with E-state index in [2.05, 4.69) is 55.4 Å². The van der Waals surface area contributed by atoms with E-state index in [1.807, 2.05) is 0 Å². The molecule has 102 heavy (non-hydrogen) atoms. The molecule has 8 N–H and O–H groups in total. The molecule has 1 aromatic rings. The standard InChI is InChI=1S/4C18H36O2.C8H6O4.2C3H8O.2Ti/c4*1-17(2)15-13-11-9-7-5-3-4-6-8-10-12-14-16-18(19)20;9-7(10)5-3-1-2-4-6(5)8(11)12;2*1-3(2)4;;/h4*17H,3-16H2,1-2H3,(H,19,20);1-4H,(H,9,10)(H,11,12);2*3-4H,1-2H3;;. The number of hydrogen-bond acceptors (Lipinski definition) is 8. The Morgan fingerprint density at radius 1 is 0.225 bits per heavy atom. The topological polar surface area (TPSA) is 264 Å². The zero-order valence-electron chi connectivity index (χ0n) is 68.4. The van der Waals surface area contributed by atoms with Crippen LogP contribution in [0.2, 0.25) is 0 Å². The number of unbranched alkanes of at least 4 members (excludes halogenated alkanes) is 44. The molecule has 0 radical (unpaired) electrons. The zero-order chi connectivity index (χ0) is 76.5. The number of carboxylic acids is 6. The van der Waals surface area contributed by atoms with Crippen molar-refractivity contribution in [2.75, 3.05) is 0 Å². The molecule has 16 heteroatoms. The van der Waals surface area contributed by atoms with Crippen molar-refractivity contribution in [3.05, 3.63) is 35.4 Å². The number of aliphatic hydroxyl groups is 2. The molecular formula is C86H166O14Ti2. The largest absolute Gasteiger partial charge is 0.481 e. The van der Waals surface area contributed by atoms with Crippen molar-refractivity contribution in [3.63, 3.8) is 0 Å². The minimum atomic E-state index is -1.23. The second-order valence-corrected chi connectivity index (χ2v) is 30.6. The van der Waals surface area contributed by atoms with E-state index >= 15 is 0 Å². The number of carbonyl (C=O) groups is 6. The van der Waals surface area contributed by atoms with E-state index in [1.54, 1.807) is 27.7 Å². The van der Waals surface area contributed by atoms with Crippen LogP contribution in [-0.2, 0) is 62.6 Å². The summed E-state index contributed by atoms with van der Waals surface area (Å²) in [4.78, 5) is 62.3. The normalized spacial score (nSPS) is 10.5. The molecule has 1 aromatic carbocycles. The van der Waals surface area contributed by atoms with Gasteiger partial charge in [0.25, 0.3) is 0 Å². The number of benzene rings is 1. The van der Waals surface area contributed by atoms with Crippen LogP contribution in [0.5, 0.6) is 0 Å². The summed E-state index contributed by atoms with van der Waals surface area (Å²) < 4.78 is 0. The third-order valence-electron chi connectivity index (χ3n) is 17.1. The Labute approximate surface area is 658 Å². The zero-order valence-corrected chi connectivity index (χ0v) is 71.5. The Hall–Kier alpha value is -2.61. The molecule has 0 unspecified atom stereocenters. The SMILES string of the molecule is CC(C)CCCCCCCCCCCCCCC(=O)O.CC(C)CCCCCCCCCCCCCCC(=O)O.CC(C)CCCCCCCCCCCCCCC(=O)O.CC(C)CCCCCCCCCCCCCCC(=O)O.CC(C)O.CC(C)O.O=C(O)c1ccccc1C(=O)O.[Ti].[Ti]. The monoisotopic (exact) mass is 1520 g/mol. The Balaban J connectivity index is -0.000000176. The number of aromatic carboxylic acids is 2. The fraction of sp³-hybridized carbons (Fsp3) is 0.860. The first-order valence-corrected chi connectivity index (χ1v) is 41.4. The molecular weight excluding hydrogens is 1350 g/mol. The predicted molar refractivity (Wildman–Crippen MR) is 424 cm³/mol. The van der Waals surface area contributed by atoms with Gasteiger partial charge in [-0.1, -0.05) is 376 Å². The van der Waals surface area contributed by atoms with E-state index in [1.165, 1.54) is 307 Å². The molecule has 1 rings (SSSR count). The molecule has 602 valence electrons. The Morgan fingerprint density at radius 3 is 0.431 bits per heavy atom. The fourth-order valence-corrected chi connectivity index (χ4v) is 11.2. The minimum absolute atomic E-state index is 0. The van der Waals surface area contributed by atoms with E-state index in [0.717, 1.165) is 75.0 Å². The van der Waals surface area contributed by atoms with Gasteiger partial charge in [0.2, 0.25) is 0 Å². The molecule has 0 saturated carbocycles. The minimum Gasteiger partial charge on any atom is -0.481 e. The van der Waals surface area contributed by atoms with E-state index in [0.29, 0.717) is 25.7 Å². The van der Waals surface area contributed by atoms with Crippen molar-refractivity contribution in [1.82, 2.24) is 0 Å². The summed E-state index contributed by atoms with van der Waals surface area (Å²) in [5.41, 5.74) is -0.380. The van der Waals surface area contributed by atoms with Gasteiger partial charge in [0, 0.05) is 81.3 Å². The molecule has 0 aromatic heterocycles. The quantitative estimate of drug-likeness (QED) is 0.0223. The maximum absolute atomic E-state index is 10.5. The predicted octanol–water partition coefficient (Wildman–Crippen LogP) is 26.6. The summed E-state index contributed by atoms with van der Waals surface area (Å²) in [7, 11) is 0. The van der Waals surface area contributed by atoms with Crippen LogP contribution in [0.25, 0.3) is 0 Å². The second-order valence-electron chi connectivity index (χ2n) is 30.6. The van der Waals surface area contributed by atoms with Crippen LogP contribution in [0.4, 0.5) is 0 Å².